The summed E-state index contributed by atoms with van der Waals surface area (Å²) in [6.45, 7) is 0. The van der Waals surface area contributed by atoms with E-state index in [0.717, 1.165) is 51.1 Å². The van der Waals surface area contributed by atoms with Gasteiger partial charge in [-0.15, -0.1) is 0 Å². The van der Waals surface area contributed by atoms with E-state index in [2.05, 4.69) is 25.3 Å². The Labute approximate surface area is 86.4 Å². The van der Waals surface area contributed by atoms with Crippen LogP contribution in [0.3, 0.4) is 0 Å². The molecule has 0 aromatic carbocycles. The number of hydrogen-bond donors (Lipinski definition) is 2. The monoisotopic (exact) mass is 308 g/mol. The predicted molar refractivity (Wildman–Crippen MR) is 56.3 cm³/mol. The molecular weight excluding hydrogens is 294 g/mol. The average Bonchev–Trinajstić information content (AvgIpc) is 2.05. The molecule has 0 aliphatic carbocycles. The number of thiol groups is 2. The summed E-state index contributed by atoms with van der Waals surface area (Å²) in [5.41, 5.74) is 0. The molecule has 2 atom stereocenters. The molecule has 1 rings (SSSR count). The molecule has 1 fully saturated rings. The van der Waals surface area contributed by atoms with E-state index in [9.17, 15) is 0 Å². The van der Waals surface area contributed by atoms with Crippen molar-refractivity contribution in [1.82, 2.24) is 0 Å². The van der Waals surface area contributed by atoms with Crippen LogP contribution in [0.25, 0.3) is 0 Å². The Bertz CT molecular complexity index is 79.7. The van der Waals surface area contributed by atoms with Gasteiger partial charge in [0.15, 0.2) is 0 Å². The second-order valence-corrected chi connectivity index (χ2v) is 8.60. The Kier molecular flexibility index (Phi) is 5.30. The molecule has 0 amide bonds. The van der Waals surface area contributed by atoms with Crippen LogP contribution in [0.5, 0.6) is 0 Å². The van der Waals surface area contributed by atoms with Crippen LogP contribution in [0.4, 0.5) is 0 Å². The van der Waals surface area contributed by atoms with Crippen molar-refractivity contribution >= 4 is 55.2 Å². The van der Waals surface area contributed by atoms with Crippen LogP contribution in [-0.4, -0.2) is 41.4 Å². The van der Waals surface area contributed by atoms with Gasteiger partial charge in [0, 0.05) is 0 Å². The molecular formula is C6H12S2Se2. The van der Waals surface area contributed by atoms with Crippen LogP contribution in [0.15, 0.2) is 0 Å². The van der Waals surface area contributed by atoms with Gasteiger partial charge in [-0.1, -0.05) is 0 Å². The van der Waals surface area contributed by atoms with Crippen molar-refractivity contribution in [1.29, 1.82) is 0 Å². The Balaban J connectivity index is 2.17. The van der Waals surface area contributed by atoms with Crippen LogP contribution in [0.1, 0.15) is 0 Å². The fourth-order valence-corrected chi connectivity index (χ4v) is 10.1. The van der Waals surface area contributed by atoms with E-state index in [-0.39, 0.29) is 0 Å². The summed E-state index contributed by atoms with van der Waals surface area (Å²) in [5, 5.41) is 2.95. The standard InChI is InChI=1S/C6H12S2Se2/c7-1-5-3-10-6(2-8)4-9-5/h5-8H,1-4H2. The summed E-state index contributed by atoms with van der Waals surface area (Å²) in [5.74, 6) is 2.25. The van der Waals surface area contributed by atoms with Crippen molar-refractivity contribution in [3.8, 4) is 0 Å². The molecule has 0 spiro atoms. The molecule has 1 aliphatic heterocycles. The Morgan fingerprint density at radius 3 is 1.60 bits per heavy atom. The first-order valence-electron chi connectivity index (χ1n) is 3.31. The average molecular weight is 306 g/mol. The first-order chi connectivity index (χ1) is 4.86. The van der Waals surface area contributed by atoms with Crippen molar-refractivity contribution in [2.45, 2.75) is 20.3 Å². The molecule has 1 saturated heterocycles. The first-order valence-corrected chi connectivity index (χ1v) is 8.98. The summed E-state index contributed by atoms with van der Waals surface area (Å²) < 4.78 is 0. The zero-order chi connectivity index (χ0) is 7.40. The van der Waals surface area contributed by atoms with Gasteiger partial charge in [0.05, 0.1) is 0 Å². The maximum absolute atomic E-state index is 4.33. The molecule has 1 aliphatic rings. The van der Waals surface area contributed by atoms with Gasteiger partial charge < -0.3 is 0 Å². The fraction of sp³-hybridized carbons (Fsp3) is 1.00. The van der Waals surface area contributed by atoms with Crippen molar-refractivity contribution < 1.29 is 0 Å². The molecule has 4 heteroatoms. The van der Waals surface area contributed by atoms with E-state index in [1.807, 2.05) is 0 Å². The summed E-state index contributed by atoms with van der Waals surface area (Å²) >= 11 is 10.4. The second-order valence-electron chi connectivity index (χ2n) is 2.28. The van der Waals surface area contributed by atoms with Gasteiger partial charge >= 0.3 is 86.9 Å². The summed E-state index contributed by atoms with van der Waals surface area (Å²) in [7, 11) is 0. The van der Waals surface area contributed by atoms with Crippen molar-refractivity contribution in [3.63, 3.8) is 0 Å². The van der Waals surface area contributed by atoms with Crippen LogP contribution in [0.2, 0.25) is 20.3 Å². The minimum atomic E-state index is 0.884. The quantitative estimate of drug-likeness (QED) is 0.563. The molecule has 10 heavy (non-hydrogen) atoms. The Morgan fingerprint density at radius 2 is 1.40 bits per heavy atom. The summed E-state index contributed by atoms with van der Waals surface area (Å²) in [6.07, 6.45) is 0. The Morgan fingerprint density at radius 1 is 1.00 bits per heavy atom. The third-order valence-electron chi connectivity index (χ3n) is 1.44. The van der Waals surface area contributed by atoms with E-state index in [4.69, 9.17) is 0 Å². The SMILES string of the molecule is SCC1C[Se]C(CS)C[Se]1. The third-order valence-corrected chi connectivity index (χ3v) is 11.4. The normalized spacial score (nSPS) is 34.2. The van der Waals surface area contributed by atoms with Gasteiger partial charge in [0.25, 0.3) is 0 Å². The molecule has 0 nitrogen and oxygen atoms in total. The zero-order valence-electron chi connectivity index (χ0n) is 5.69. The third kappa shape index (κ3) is 3.00. The van der Waals surface area contributed by atoms with E-state index >= 15 is 0 Å². The van der Waals surface area contributed by atoms with Gasteiger partial charge in [-0.2, -0.15) is 0 Å². The van der Waals surface area contributed by atoms with E-state index < -0.39 is 0 Å². The molecule has 2 unspecified atom stereocenters. The van der Waals surface area contributed by atoms with E-state index in [0.29, 0.717) is 0 Å². The molecule has 60 valence electrons. The van der Waals surface area contributed by atoms with Gasteiger partial charge in [-0.25, -0.2) is 0 Å². The predicted octanol–water partition coefficient (Wildman–Crippen LogP) is 1.68. The van der Waals surface area contributed by atoms with Gasteiger partial charge in [-0.3, -0.25) is 0 Å². The van der Waals surface area contributed by atoms with Crippen LogP contribution < -0.4 is 0 Å². The number of hydrogen-bond acceptors (Lipinski definition) is 2. The molecule has 0 N–H and O–H groups in total. The number of rotatable bonds is 2. The van der Waals surface area contributed by atoms with Crippen LogP contribution in [0, 0.1) is 0 Å². The molecule has 1 heterocycles. The van der Waals surface area contributed by atoms with Gasteiger partial charge in [0.2, 0.25) is 0 Å². The minimum absolute atomic E-state index is 0.884. The van der Waals surface area contributed by atoms with Crippen molar-refractivity contribution in [2.24, 2.45) is 0 Å². The zero-order valence-corrected chi connectivity index (χ0v) is 10.9. The van der Waals surface area contributed by atoms with Crippen molar-refractivity contribution in [2.75, 3.05) is 11.5 Å². The molecule has 0 bridgehead atoms. The maximum atomic E-state index is 4.33. The van der Waals surface area contributed by atoms with Crippen LogP contribution >= 0.6 is 25.3 Å². The van der Waals surface area contributed by atoms with Gasteiger partial charge in [0.1, 0.15) is 0 Å². The molecule has 0 saturated carbocycles. The molecule has 0 aromatic heterocycles. The second kappa shape index (κ2) is 5.40. The molecule has 0 radical (unpaired) electrons. The van der Waals surface area contributed by atoms with Gasteiger partial charge in [-0.05, 0) is 0 Å². The molecule has 0 aromatic rings. The summed E-state index contributed by atoms with van der Waals surface area (Å²) in [4.78, 5) is 1.99. The van der Waals surface area contributed by atoms with Crippen LogP contribution in [-0.2, 0) is 0 Å². The van der Waals surface area contributed by atoms with E-state index in [1.165, 1.54) is 10.6 Å². The Hall–Kier alpha value is 1.74. The summed E-state index contributed by atoms with van der Waals surface area (Å²) in [6, 6.07) is 0. The first kappa shape index (κ1) is 9.82. The topological polar surface area (TPSA) is 0 Å². The van der Waals surface area contributed by atoms with E-state index in [1.54, 1.807) is 0 Å². The van der Waals surface area contributed by atoms with Crippen molar-refractivity contribution in [3.05, 3.63) is 0 Å². The fourth-order valence-electron chi connectivity index (χ4n) is 0.794.